The lowest BCUT2D eigenvalue weighted by Gasteiger charge is -2.13. The highest BCUT2D eigenvalue weighted by Gasteiger charge is 2.10. The molecule has 0 aromatic heterocycles. The van der Waals surface area contributed by atoms with Crippen molar-refractivity contribution in [2.75, 3.05) is 0 Å². The summed E-state index contributed by atoms with van der Waals surface area (Å²) < 4.78 is 5.11. The maximum atomic E-state index is 11.6. The molecule has 0 aliphatic heterocycles. The number of hydrogen-bond donors (Lipinski definition) is 1. The van der Waals surface area contributed by atoms with Crippen LogP contribution in [0.4, 0.5) is 0 Å². The molecule has 0 radical (unpaired) electrons. The molecule has 1 atom stereocenters. The van der Waals surface area contributed by atoms with Gasteiger partial charge in [-0.15, -0.1) is 0 Å². The topological polar surface area (TPSA) is 55.4 Å². The second-order valence-electron chi connectivity index (χ2n) is 6.83. The van der Waals surface area contributed by atoms with Crippen LogP contribution in [0.5, 0.6) is 0 Å². The van der Waals surface area contributed by atoms with Crippen LogP contribution in [-0.4, -0.2) is 18.1 Å². The highest BCUT2D eigenvalue weighted by atomic mass is 16.6. The van der Waals surface area contributed by atoms with Gasteiger partial charge in [0.15, 0.2) is 6.23 Å². The molecule has 0 fully saturated rings. The van der Waals surface area contributed by atoms with E-state index in [1.807, 2.05) is 0 Å². The van der Waals surface area contributed by atoms with Gasteiger partial charge in [0, 0.05) is 6.42 Å². The molecule has 4 heteroatoms. The molecule has 0 saturated carbocycles. The van der Waals surface area contributed by atoms with Crippen molar-refractivity contribution in [1.82, 2.24) is 5.32 Å². The Morgan fingerprint density at radius 2 is 1.52 bits per heavy atom. The zero-order valence-corrected chi connectivity index (χ0v) is 17.4. The van der Waals surface area contributed by atoms with Crippen molar-refractivity contribution in [3.05, 3.63) is 37.0 Å². The van der Waals surface area contributed by atoms with Gasteiger partial charge in [-0.05, 0) is 51.5 Å². The van der Waals surface area contributed by atoms with Gasteiger partial charge in [-0.3, -0.25) is 9.59 Å². The summed E-state index contributed by atoms with van der Waals surface area (Å²) in [5, 5.41) is 2.50. The first kappa shape index (κ1) is 25.2. The largest absolute Gasteiger partial charge is 0.442 e. The Morgan fingerprint density at radius 1 is 0.926 bits per heavy atom. The van der Waals surface area contributed by atoms with Crippen molar-refractivity contribution >= 4 is 11.9 Å². The van der Waals surface area contributed by atoms with E-state index in [9.17, 15) is 9.59 Å². The summed E-state index contributed by atoms with van der Waals surface area (Å²) in [5.41, 5.74) is 0. The summed E-state index contributed by atoms with van der Waals surface area (Å²) in [6.45, 7) is 7.22. The van der Waals surface area contributed by atoms with Crippen LogP contribution in [0.2, 0.25) is 0 Å². The Bertz CT molecular complexity index is 455. The van der Waals surface area contributed by atoms with E-state index in [4.69, 9.17) is 4.74 Å². The number of rotatable bonds is 17. The first-order chi connectivity index (χ1) is 13.1. The molecule has 0 saturated heterocycles. The predicted octanol–water partition coefficient (Wildman–Crippen LogP) is 5.99. The Morgan fingerprint density at radius 3 is 2.15 bits per heavy atom. The van der Waals surface area contributed by atoms with Crippen molar-refractivity contribution in [3.8, 4) is 0 Å². The van der Waals surface area contributed by atoms with Gasteiger partial charge in [0.2, 0.25) is 5.91 Å². The number of ether oxygens (including phenoxy) is 1. The summed E-state index contributed by atoms with van der Waals surface area (Å²) in [6, 6.07) is 0. The van der Waals surface area contributed by atoms with Crippen LogP contribution in [0.25, 0.3) is 0 Å². The van der Waals surface area contributed by atoms with E-state index in [0.717, 1.165) is 38.2 Å². The van der Waals surface area contributed by atoms with Gasteiger partial charge >= 0.3 is 5.97 Å². The molecule has 0 spiro atoms. The normalized spacial score (nSPS) is 12.4. The fraction of sp³-hybridized carbons (Fsp3) is 0.652. The minimum Gasteiger partial charge on any atom is -0.442 e. The maximum Gasteiger partial charge on any atom is 0.307 e. The number of unbranched alkanes of at least 4 members (excludes halogenated alkanes) is 8. The number of esters is 1. The van der Waals surface area contributed by atoms with Gasteiger partial charge in [0.05, 0.1) is 0 Å². The number of amides is 1. The third kappa shape index (κ3) is 18.7. The summed E-state index contributed by atoms with van der Waals surface area (Å²) in [4.78, 5) is 22.7. The molecule has 154 valence electrons. The summed E-state index contributed by atoms with van der Waals surface area (Å²) in [7, 11) is 0. The van der Waals surface area contributed by atoms with Crippen LogP contribution in [0.15, 0.2) is 37.0 Å². The maximum absolute atomic E-state index is 11.6. The van der Waals surface area contributed by atoms with Gasteiger partial charge < -0.3 is 10.1 Å². The number of allylic oxidation sites excluding steroid dienone is 4. The molecule has 0 aromatic rings. The summed E-state index contributed by atoms with van der Waals surface area (Å²) in [6.07, 6.45) is 22.7. The lowest BCUT2D eigenvalue weighted by atomic mass is 10.1. The zero-order chi connectivity index (χ0) is 20.2. The molecule has 1 amide bonds. The van der Waals surface area contributed by atoms with Crippen molar-refractivity contribution in [3.63, 3.8) is 0 Å². The predicted molar refractivity (Wildman–Crippen MR) is 113 cm³/mol. The fourth-order valence-electron chi connectivity index (χ4n) is 2.63. The Kier molecular flexibility index (Phi) is 17.6. The number of nitrogens with one attached hydrogen (secondary N) is 1. The summed E-state index contributed by atoms with van der Waals surface area (Å²) in [5.74, 6) is -0.607. The average molecular weight is 378 g/mol. The molecule has 27 heavy (non-hydrogen) atoms. The van der Waals surface area contributed by atoms with Crippen LogP contribution in [0.1, 0.15) is 90.9 Å². The first-order valence-electron chi connectivity index (χ1n) is 10.5. The van der Waals surface area contributed by atoms with E-state index in [1.165, 1.54) is 38.5 Å². The highest BCUT2D eigenvalue weighted by Crippen LogP contribution is 2.09. The Balaban J connectivity index is 3.43. The van der Waals surface area contributed by atoms with Crippen LogP contribution in [0, 0.1) is 0 Å². The minimum absolute atomic E-state index is 0.266. The Labute approximate surface area is 166 Å². The van der Waals surface area contributed by atoms with Gasteiger partial charge in [0.1, 0.15) is 0 Å². The van der Waals surface area contributed by atoms with E-state index in [1.54, 1.807) is 6.92 Å². The SMILES string of the molecule is C=CC(=O)NC(C)OC(=O)CCCCCCC/C=C\C/C=C\CCCCC. The van der Waals surface area contributed by atoms with Crippen LogP contribution < -0.4 is 5.32 Å². The van der Waals surface area contributed by atoms with Gasteiger partial charge in [-0.1, -0.05) is 69.9 Å². The molecule has 0 aliphatic carbocycles. The molecule has 0 bridgehead atoms. The highest BCUT2D eigenvalue weighted by molar-refractivity contribution is 5.87. The molecule has 0 aromatic carbocycles. The van der Waals surface area contributed by atoms with Crippen molar-refractivity contribution in [2.45, 2.75) is 97.1 Å². The fourth-order valence-corrected chi connectivity index (χ4v) is 2.63. The lowest BCUT2D eigenvalue weighted by molar-refractivity contribution is -0.150. The quantitative estimate of drug-likeness (QED) is 0.111. The van der Waals surface area contributed by atoms with Crippen molar-refractivity contribution in [2.24, 2.45) is 0 Å². The van der Waals surface area contributed by atoms with Crippen molar-refractivity contribution in [1.29, 1.82) is 0 Å². The van der Waals surface area contributed by atoms with Crippen LogP contribution in [0.3, 0.4) is 0 Å². The smallest absolute Gasteiger partial charge is 0.307 e. The standard InChI is InChI=1S/C23H39NO3/c1-4-6-7-8-9-10-11-12-13-14-15-16-17-18-19-20-23(26)27-21(3)24-22(25)5-2/h5,9-10,12-13,21H,2,4,6-8,11,14-20H2,1,3H3,(H,24,25)/b10-9-,13-12-. The third-order valence-corrected chi connectivity index (χ3v) is 4.17. The minimum atomic E-state index is -0.610. The average Bonchev–Trinajstić information content (AvgIpc) is 2.64. The third-order valence-electron chi connectivity index (χ3n) is 4.17. The molecular weight excluding hydrogens is 338 g/mol. The lowest BCUT2D eigenvalue weighted by Crippen LogP contribution is -2.34. The second-order valence-corrected chi connectivity index (χ2v) is 6.83. The summed E-state index contributed by atoms with van der Waals surface area (Å²) >= 11 is 0. The number of carbonyl (C=O) groups is 2. The molecule has 1 N–H and O–H groups in total. The molecule has 0 rings (SSSR count). The van der Waals surface area contributed by atoms with E-state index in [2.05, 4.69) is 43.1 Å². The second kappa shape index (κ2) is 18.9. The van der Waals surface area contributed by atoms with Gasteiger partial charge in [0.25, 0.3) is 0 Å². The molecular formula is C23H39NO3. The first-order valence-corrected chi connectivity index (χ1v) is 10.5. The van der Waals surface area contributed by atoms with Crippen LogP contribution in [-0.2, 0) is 14.3 Å². The Hall–Kier alpha value is -1.84. The van der Waals surface area contributed by atoms with Gasteiger partial charge in [-0.25, -0.2) is 0 Å². The van der Waals surface area contributed by atoms with Gasteiger partial charge in [-0.2, -0.15) is 0 Å². The number of carbonyl (C=O) groups excluding carboxylic acids is 2. The molecule has 1 unspecified atom stereocenters. The zero-order valence-electron chi connectivity index (χ0n) is 17.4. The number of hydrogen-bond acceptors (Lipinski definition) is 3. The van der Waals surface area contributed by atoms with Crippen LogP contribution >= 0.6 is 0 Å². The van der Waals surface area contributed by atoms with Crippen molar-refractivity contribution < 1.29 is 14.3 Å². The van der Waals surface area contributed by atoms with E-state index < -0.39 is 6.23 Å². The molecule has 4 nitrogen and oxygen atoms in total. The molecule has 0 heterocycles. The molecule has 0 aliphatic rings. The van der Waals surface area contributed by atoms with E-state index >= 15 is 0 Å². The van der Waals surface area contributed by atoms with E-state index in [-0.39, 0.29) is 11.9 Å². The van der Waals surface area contributed by atoms with E-state index in [0.29, 0.717) is 6.42 Å². The monoisotopic (exact) mass is 377 g/mol.